The summed E-state index contributed by atoms with van der Waals surface area (Å²) in [6.45, 7) is 5.42. The van der Waals surface area contributed by atoms with Crippen LogP contribution in [0.2, 0.25) is 0 Å². The molecule has 0 saturated carbocycles. The average Bonchev–Trinajstić information content (AvgIpc) is 2.75. The highest BCUT2D eigenvalue weighted by Gasteiger charge is 2.33. The van der Waals surface area contributed by atoms with Crippen molar-refractivity contribution in [3.05, 3.63) is 16.1 Å². The van der Waals surface area contributed by atoms with Crippen molar-refractivity contribution in [1.29, 1.82) is 0 Å². The maximum absolute atomic E-state index is 11.2. The van der Waals surface area contributed by atoms with Crippen molar-refractivity contribution in [2.45, 2.75) is 25.9 Å². The Labute approximate surface area is 104 Å². The van der Waals surface area contributed by atoms with Crippen LogP contribution in [0.5, 0.6) is 0 Å². The molecule has 2 atom stereocenters. The molecule has 2 heterocycles. The van der Waals surface area contributed by atoms with Crippen molar-refractivity contribution in [3.8, 4) is 0 Å². The lowest BCUT2D eigenvalue weighted by Crippen LogP contribution is -2.50. The highest BCUT2D eigenvalue weighted by atomic mass is 32.1. The summed E-state index contributed by atoms with van der Waals surface area (Å²) in [5, 5.41) is 12.2. The lowest BCUT2D eigenvalue weighted by atomic mass is 10.1. The molecule has 5 nitrogen and oxygen atoms in total. The molecule has 0 radical (unpaired) electrons. The molecular weight excluding hydrogens is 240 g/mol. The molecule has 1 aromatic heterocycles. The Morgan fingerprint density at radius 1 is 1.76 bits per heavy atom. The number of ether oxygens (including phenoxy) is 1. The van der Waals surface area contributed by atoms with Crippen LogP contribution in [0.3, 0.4) is 0 Å². The first-order chi connectivity index (χ1) is 8.09. The van der Waals surface area contributed by atoms with Gasteiger partial charge in [-0.1, -0.05) is 0 Å². The monoisotopic (exact) mass is 256 g/mol. The van der Waals surface area contributed by atoms with E-state index in [1.54, 1.807) is 11.3 Å². The molecule has 0 bridgehead atoms. The SMILES string of the molecule is Cc1nc(C(C)N2CCOCC2C(=O)O)cs1. The predicted molar refractivity (Wildman–Crippen MR) is 64.2 cm³/mol. The Balaban J connectivity index is 2.16. The van der Waals surface area contributed by atoms with Crippen LogP contribution >= 0.6 is 11.3 Å². The normalized spacial score (nSPS) is 23.5. The van der Waals surface area contributed by atoms with E-state index in [9.17, 15) is 9.90 Å². The van der Waals surface area contributed by atoms with E-state index in [2.05, 4.69) is 4.98 Å². The van der Waals surface area contributed by atoms with Gasteiger partial charge in [-0.05, 0) is 13.8 Å². The summed E-state index contributed by atoms with van der Waals surface area (Å²) < 4.78 is 5.22. The van der Waals surface area contributed by atoms with Crippen LogP contribution < -0.4 is 0 Å². The molecule has 1 N–H and O–H groups in total. The van der Waals surface area contributed by atoms with Crippen LogP contribution in [0.1, 0.15) is 23.7 Å². The summed E-state index contributed by atoms with van der Waals surface area (Å²) in [6, 6.07) is -0.550. The fourth-order valence-corrected chi connectivity index (χ4v) is 2.73. The van der Waals surface area contributed by atoms with Crippen molar-refractivity contribution in [2.24, 2.45) is 0 Å². The van der Waals surface area contributed by atoms with Gasteiger partial charge in [0.05, 0.1) is 30.0 Å². The Morgan fingerprint density at radius 3 is 3.12 bits per heavy atom. The van der Waals surface area contributed by atoms with Crippen LogP contribution in [0, 0.1) is 6.92 Å². The Hall–Kier alpha value is -0.980. The van der Waals surface area contributed by atoms with E-state index in [4.69, 9.17) is 4.74 Å². The van der Waals surface area contributed by atoms with Gasteiger partial charge in [0, 0.05) is 11.9 Å². The van der Waals surface area contributed by atoms with Crippen LogP contribution in [-0.2, 0) is 9.53 Å². The maximum Gasteiger partial charge on any atom is 0.323 e. The predicted octanol–water partition coefficient (Wildman–Crippen LogP) is 1.30. The lowest BCUT2D eigenvalue weighted by Gasteiger charge is -2.36. The van der Waals surface area contributed by atoms with Crippen molar-refractivity contribution in [2.75, 3.05) is 19.8 Å². The lowest BCUT2D eigenvalue weighted by molar-refractivity contribution is -0.151. The molecule has 1 fully saturated rings. The van der Waals surface area contributed by atoms with Gasteiger partial charge in [-0.15, -0.1) is 11.3 Å². The molecule has 1 aromatic rings. The van der Waals surface area contributed by atoms with E-state index in [0.717, 1.165) is 10.7 Å². The van der Waals surface area contributed by atoms with E-state index in [1.807, 2.05) is 24.1 Å². The molecule has 2 unspecified atom stereocenters. The molecule has 94 valence electrons. The topological polar surface area (TPSA) is 62.7 Å². The second-order valence-corrected chi connectivity index (χ2v) is 5.20. The van der Waals surface area contributed by atoms with Gasteiger partial charge in [0.25, 0.3) is 0 Å². The highest BCUT2D eigenvalue weighted by molar-refractivity contribution is 7.09. The highest BCUT2D eigenvalue weighted by Crippen LogP contribution is 2.25. The van der Waals surface area contributed by atoms with Gasteiger partial charge >= 0.3 is 5.97 Å². The number of hydrogen-bond acceptors (Lipinski definition) is 5. The number of nitrogens with zero attached hydrogens (tertiary/aromatic N) is 2. The summed E-state index contributed by atoms with van der Waals surface area (Å²) in [5.74, 6) is -0.830. The number of aryl methyl sites for hydroxylation is 1. The zero-order chi connectivity index (χ0) is 12.4. The number of hydrogen-bond donors (Lipinski definition) is 1. The average molecular weight is 256 g/mol. The van der Waals surface area contributed by atoms with Crippen molar-refractivity contribution < 1.29 is 14.6 Å². The van der Waals surface area contributed by atoms with Gasteiger partial charge in [-0.2, -0.15) is 0 Å². The van der Waals surface area contributed by atoms with E-state index >= 15 is 0 Å². The summed E-state index contributed by atoms with van der Waals surface area (Å²) in [7, 11) is 0. The minimum absolute atomic E-state index is 0.0185. The van der Waals surface area contributed by atoms with Crippen molar-refractivity contribution in [1.82, 2.24) is 9.88 Å². The summed E-state index contributed by atoms with van der Waals surface area (Å²) >= 11 is 1.59. The number of thiazole rings is 1. The second kappa shape index (κ2) is 5.12. The molecule has 17 heavy (non-hydrogen) atoms. The van der Waals surface area contributed by atoms with E-state index in [1.165, 1.54) is 0 Å². The number of carboxylic acids is 1. The smallest absolute Gasteiger partial charge is 0.323 e. The molecular formula is C11H16N2O3S. The summed E-state index contributed by atoms with van der Waals surface area (Å²) in [5.41, 5.74) is 0.945. The summed E-state index contributed by atoms with van der Waals surface area (Å²) in [4.78, 5) is 17.5. The third-order valence-corrected chi connectivity index (χ3v) is 3.81. The van der Waals surface area contributed by atoms with Crippen molar-refractivity contribution in [3.63, 3.8) is 0 Å². The fraction of sp³-hybridized carbons (Fsp3) is 0.636. The van der Waals surface area contributed by atoms with Gasteiger partial charge in [0.15, 0.2) is 0 Å². The minimum atomic E-state index is -0.830. The Kier molecular flexibility index (Phi) is 3.76. The molecule has 1 aliphatic heterocycles. The number of morpholine rings is 1. The Morgan fingerprint density at radius 2 is 2.53 bits per heavy atom. The molecule has 0 aliphatic carbocycles. The standard InChI is InChI=1S/C11H16N2O3S/c1-7(9-6-17-8(2)12-9)13-3-4-16-5-10(13)11(14)15/h6-7,10H,3-5H2,1-2H3,(H,14,15). The first-order valence-electron chi connectivity index (χ1n) is 5.58. The zero-order valence-corrected chi connectivity index (χ0v) is 10.7. The van der Waals surface area contributed by atoms with Crippen LogP contribution in [0.15, 0.2) is 5.38 Å². The van der Waals surface area contributed by atoms with Gasteiger partial charge in [-0.25, -0.2) is 4.98 Å². The third kappa shape index (κ3) is 2.65. The van der Waals surface area contributed by atoms with Gasteiger partial charge in [-0.3, -0.25) is 9.69 Å². The molecule has 0 spiro atoms. The van der Waals surface area contributed by atoms with E-state index < -0.39 is 12.0 Å². The molecule has 6 heteroatoms. The molecule has 0 amide bonds. The molecule has 2 rings (SSSR count). The van der Waals surface area contributed by atoms with Gasteiger partial charge < -0.3 is 9.84 Å². The fourth-order valence-electron chi connectivity index (χ4n) is 2.04. The number of aliphatic carboxylic acids is 1. The first-order valence-corrected chi connectivity index (χ1v) is 6.46. The third-order valence-electron chi connectivity index (χ3n) is 3.02. The zero-order valence-electron chi connectivity index (χ0n) is 9.92. The molecule has 0 aromatic carbocycles. The number of rotatable bonds is 3. The van der Waals surface area contributed by atoms with Crippen LogP contribution in [0.4, 0.5) is 0 Å². The molecule has 1 aliphatic rings. The van der Waals surface area contributed by atoms with Gasteiger partial charge in [0.1, 0.15) is 6.04 Å². The molecule has 1 saturated heterocycles. The number of aromatic nitrogens is 1. The quantitative estimate of drug-likeness (QED) is 0.883. The number of carbonyl (C=O) groups is 1. The Bertz CT molecular complexity index is 407. The van der Waals surface area contributed by atoms with Gasteiger partial charge in [0.2, 0.25) is 0 Å². The number of carboxylic acid groups (broad SMARTS) is 1. The van der Waals surface area contributed by atoms with Crippen molar-refractivity contribution >= 4 is 17.3 Å². The minimum Gasteiger partial charge on any atom is -0.480 e. The van der Waals surface area contributed by atoms with E-state index in [-0.39, 0.29) is 12.6 Å². The summed E-state index contributed by atoms with van der Waals surface area (Å²) in [6.07, 6.45) is 0. The second-order valence-electron chi connectivity index (χ2n) is 4.13. The first kappa shape index (κ1) is 12.5. The largest absolute Gasteiger partial charge is 0.480 e. The van der Waals surface area contributed by atoms with Crippen LogP contribution in [-0.4, -0.2) is 46.8 Å². The maximum atomic E-state index is 11.2. The van der Waals surface area contributed by atoms with E-state index in [0.29, 0.717) is 13.2 Å². The van der Waals surface area contributed by atoms with Crippen LogP contribution in [0.25, 0.3) is 0 Å².